The van der Waals surface area contributed by atoms with Crippen molar-refractivity contribution in [1.29, 1.82) is 0 Å². The van der Waals surface area contributed by atoms with Gasteiger partial charge in [-0.25, -0.2) is 4.39 Å². The van der Waals surface area contributed by atoms with E-state index in [0.717, 1.165) is 6.07 Å². The minimum Gasteiger partial charge on any atom is -0.355 e. The SMILES string of the molecule is O=C1CCC(C(=O)Nc2ccc(Cl)cc2F)CN1. The number of halogens is 2. The number of hydrogen-bond donors (Lipinski definition) is 2. The van der Waals surface area contributed by atoms with Crippen molar-refractivity contribution < 1.29 is 14.0 Å². The predicted octanol–water partition coefficient (Wildman–Crippen LogP) is 1.94. The molecule has 0 bridgehead atoms. The molecule has 0 radical (unpaired) electrons. The van der Waals surface area contributed by atoms with Gasteiger partial charge in [0.05, 0.1) is 11.6 Å². The van der Waals surface area contributed by atoms with E-state index in [-0.39, 0.29) is 28.4 Å². The Balaban J connectivity index is 2.00. The van der Waals surface area contributed by atoms with Gasteiger partial charge in [-0.15, -0.1) is 0 Å². The van der Waals surface area contributed by atoms with Crippen LogP contribution in [0.2, 0.25) is 5.02 Å². The number of piperidine rings is 1. The Morgan fingerprint density at radius 1 is 1.50 bits per heavy atom. The number of carbonyl (C=O) groups is 2. The topological polar surface area (TPSA) is 58.2 Å². The Kier molecular flexibility index (Phi) is 3.81. The van der Waals surface area contributed by atoms with Crippen molar-refractivity contribution in [3.05, 3.63) is 29.0 Å². The first-order valence-electron chi connectivity index (χ1n) is 5.59. The van der Waals surface area contributed by atoms with Gasteiger partial charge in [-0.3, -0.25) is 9.59 Å². The molecule has 1 aliphatic rings. The molecule has 1 atom stereocenters. The number of amides is 2. The standard InChI is InChI=1S/C12H12ClFN2O2/c13-8-2-3-10(9(14)5-8)16-12(18)7-1-4-11(17)15-6-7/h2-3,5,7H,1,4,6H2,(H,15,17)(H,16,18). The molecule has 1 saturated heterocycles. The maximum Gasteiger partial charge on any atom is 0.229 e. The number of rotatable bonds is 2. The molecule has 18 heavy (non-hydrogen) atoms. The summed E-state index contributed by atoms with van der Waals surface area (Å²) in [4.78, 5) is 22.8. The monoisotopic (exact) mass is 270 g/mol. The zero-order valence-electron chi connectivity index (χ0n) is 9.50. The average molecular weight is 271 g/mol. The first-order valence-corrected chi connectivity index (χ1v) is 5.96. The molecule has 2 N–H and O–H groups in total. The lowest BCUT2D eigenvalue weighted by Gasteiger charge is -2.21. The van der Waals surface area contributed by atoms with Gasteiger partial charge >= 0.3 is 0 Å². The highest BCUT2D eigenvalue weighted by atomic mass is 35.5. The van der Waals surface area contributed by atoms with Gasteiger partial charge in [0, 0.05) is 18.0 Å². The molecule has 2 amide bonds. The zero-order chi connectivity index (χ0) is 13.1. The lowest BCUT2D eigenvalue weighted by molar-refractivity contribution is -0.126. The molecule has 6 heteroatoms. The van der Waals surface area contributed by atoms with E-state index in [1.54, 1.807) is 0 Å². The summed E-state index contributed by atoms with van der Waals surface area (Å²) in [7, 11) is 0. The molecular weight excluding hydrogens is 259 g/mol. The van der Waals surface area contributed by atoms with Crippen LogP contribution in [-0.2, 0) is 9.59 Å². The van der Waals surface area contributed by atoms with Crippen molar-refractivity contribution in [3.63, 3.8) is 0 Å². The second-order valence-electron chi connectivity index (χ2n) is 4.15. The van der Waals surface area contributed by atoms with E-state index in [2.05, 4.69) is 10.6 Å². The third-order valence-corrected chi connectivity index (χ3v) is 3.06. The first kappa shape index (κ1) is 12.8. The van der Waals surface area contributed by atoms with Crippen molar-refractivity contribution in [2.45, 2.75) is 12.8 Å². The molecule has 1 aliphatic heterocycles. The molecular formula is C12H12ClFN2O2. The Morgan fingerprint density at radius 3 is 2.89 bits per heavy atom. The van der Waals surface area contributed by atoms with Crippen LogP contribution in [0, 0.1) is 11.7 Å². The number of benzene rings is 1. The van der Waals surface area contributed by atoms with E-state index in [4.69, 9.17) is 11.6 Å². The molecule has 1 fully saturated rings. The van der Waals surface area contributed by atoms with Crippen LogP contribution in [0.3, 0.4) is 0 Å². The van der Waals surface area contributed by atoms with Crippen LogP contribution in [0.1, 0.15) is 12.8 Å². The van der Waals surface area contributed by atoms with Crippen molar-refractivity contribution in [2.75, 3.05) is 11.9 Å². The van der Waals surface area contributed by atoms with Crippen molar-refractivity contribution >= 4 is 29.1 Å². The van der Waals surface area contributed by atoms with Crippen LogP contribution >= 0.6 is 11.6 Å². The normalized spacial score (nSPS) is 19.2. The minimum atomic E-state index is -0.573. The van der Waals surface area contributed by atoms with Gasteiger partial charge in [-0.2, -0.15) is 0 Å². The Labute approximate surface area is 109 Å². The lowest BCUT2D eigenvalue weighted by atomic mass is 9.98. The second-order valence-corrected chi connectivity index (χ2v) is 4.59. The molecule has 1 aromatic carbocycles. The average Bonchev–Trinajstić information content (AvgIpc) is 2.33. The summed E-state index contributed by atoms with van der Waals surface area (Å²) in [6, 6.07) is 4.06. The number of hydrogen-bond acceptors (Lipinski definition) is 2. The summed E-state index contributed by atoms with van der Waals surface area (Å²) in [5.41, 5.74) is 0.0984. The van der Waals surface area contributed by atoms with Crippen LogP contribution in [0.25, 0.3) is 0 Å². The fourth-order valence-electron chi connectivity index (χ4n) is 1.78. The second kappa shape index (κ2) is 5.35. The highest BCUT2D eigenvalue weighted by Gasteiger charge is 2.24. The molecule has 0 aliphatic carbocycles. The predicted molar refractivity (Wildman–Crippen MR) is 65.8 cm³/mol. The molecule has 1 heterocycles. The van der Waals surface area contributed by atoms with E-state index >= 15 is 0 Å². The summed E-state index contributed by atoms with van der Waals surface area (Å²) in [6.07, 6.45) is 0.800. The molecule has 0 aromatic heterocycles. The van der Waals surface area contributed by atoms with Crippen LogP contribution in [0.4, 0.5) is 10.1 Å². The Morgan fingerprint density at radius 2 is 2.28 bits per heavy atom. The van der Waals surface area contributed by atoms with Gasteiger partial charge in [0.25, 0.3) is 0 Å². The molecule has 0 saturated carbocycles. The summed E-state index contributed by atoms with van der Waals surface area (Å²) < 4.78 is 13.5. The van der Waals surface area contributed by atoms with E-state index < -0.39 is 5.82 Å². The fraction of sp³-hybridized carbons (Fsp3) is 0.333. The van der Waals surface area contributed by atoms with Crippen LogP contribution in [0.15, 0.2) is 18.2 Å². The largest absolute Gasteiger partial charge is 0.355 e. The van der Waals surface area contributed by atoms with E-state index in [0.29, 0.717) is 19.4 Å². The molecule has 4 nitrogen and oxygen atoms in total. The maximum absolute atomic E-state index is 13.5. The number of carbonyl (C=O) groups excluding carboxylic acids is 2. The zero-order valence-corrected chi connectivity index (χ0v) is 10.3. The maximum atomic E-state index is 13.5. The van der Waals surface area contributed by atoms with Gasteiger partial charge in [-0.05, 0) is 24.6 Å². The van der Waals surface area contributed by atoms with Crippen molar-refractivity contribution in [3.8, 4) is 0 Å². The van der Waals surface area contributed by atoms with Crippen molar-refractivity contribution in [1.82, 2.24) is 5.32 Å². The van der Waals surface area contributed by atoms with Gasteiger partial charge in [-0.1, -0.05) is 11.6 Å². The molecule has 1 unspecified atom stereocenters. The van der Waals surface area contributed by atoms with E-state index in [1.165, 1.54) is 12.1 Å². The highest BCUT2D eigenvalue weighted by Crippen LogP contribution is 2.20. The van der Waals surface area contributed by atoms with Gasteiger partial charge in [0.1, 0.15) is 5.82 Å². The lowest BCUT2D eigenvalue weighted by Crippen LogP contribution is -2.40. The van der Waals surface area contributed by atoms with Gasteiger partial charge in [0.15, 0.2) is 0 Å². The highest BCUT2D eigenvalue weighted by molar-refractivity contribution is 6.30. The first-order chi connectivity index (χ1) is 8.56. The van der Waals surface area contributed by atoms with E-state index in [1.807, 2.05) is 0 Å². The summed E-state index contributed by atoms with van der Waals surface area (Å²) in [5, 5.41) is 5.38. The third kappa shape index (κ3) is 2.98. The van der Waals surface area contributed by atoms with Gasteiger partial charge < -0.3 is 10.6 Å². The molecule has 0 spiro atoms. The number of anilines is 1. The van der Waals surface area contributed by atoms with Crippen LogP contribution < -0.4 is 10.6 Å². The summed E-state index contributed by atoms with van der Waals surface area (Å²) in [6.45, 7) is 0.292. The smallest absolute Gasteiger partial charge is 0.229 e. The Bertz CT molecular complexity index is 483. The Hall–Kier alpha value is -1.62. The molecule has 2 rings (SSSR count). The summed E-state index contributed by atoms with van der Waals surface area (Å²) >= 11 is 5.62. The van der Waals surface area contributed by atoms with Crippen LogP contribution in [-0.4, -0.2) is 18.4 Å². The fourth-order valence-corrected chi connectivity index (χ4v) is 1.94. The van der Waals surface area contributed by atoms with Crippen LogP contribution in [0.5, 0.6) is 0 Å². The molecule has 96 valence electrons. The summed E-state index contributed by atoms with van der Waals surface area (Å²) in [5.74, 6) is -1.25. The van der Waals surface area contributed by atoms with Gasteiger partial charge in [0.2, 0.25) is 11.8 Å². The molecule has 1 aromatic rings. The van der Waals surface area contributed by atoms with Crippen molar-refractivity contribution in [2.24, 2.45) is 5.92 Å². The third-order valence-electron chi connectivity index (χ3n) is 2.83. The van der Waals surface area contributed by atoms with E-state index in [9.17, 15) is 14.0 Å². The number of nitrogens with one attached hydrogen (secondary N) is 2. The quantitative estimate of drug-likeness (QED) is 0.863. The minimum absolute atomic E-state index is 0.0586.